The summed E-state index contributed by atoms with van der Waals surface area (Å²) in [5.74, 6) is 1.89. The van der Waals surface area contributed by atoms with Crippen molar-refractivity contribution in [3.8, 4) is 0 Å². The molecule has 0 fully saturated rings. The Bertz CT molecular complexity index is 1110. The molecule has 140 valence electrons. The van der Waals surface area contributed by atoms with Crippen molar-refractivity contribution in [2.75, 3.05) is 11.1 Å². The Morgan fingerprint density at radius 3 is 2.68 bits per heavy atom. The zero-order chi connectivity index (χ0) is 19.3. The first-order valence-electron chi connectivity index (χ1n) is 9.05. The van der Waals surface area contributed by atoms with Crippen LogP contribution in [0.15, 0.2) is 65.7 Å². The lowest BCUT2D eigenvalue weighted by molar-refractivity contribution is 0.980. The first kappa shape index (κ1) is 18.2. The Morgan fingerprint density at radius 2 is 1.79 bits per heavy atom. The summed E-state index contributed by atoms with van der Waals surface area (Å²) in [6.45, 7) is 2.11. The molecular formula is C21H20N6S. The monoisotopic (exact) mass is 388 g/mol. The standard InChI is InChI=1S/C21H20N6S/c1-2-14-7-3-5-9-16(14)24-21-26-19(25-20(22)27-21)13-28-18-11-12-23-17-10-6-4-8-15(17)18/h3-12H,2,13H2,1H3,(H3,22,24,25,26,27). The summed E-state index contributed by atoms with van der Waals surface area (Å²) in [6.07, 6.45) is 2.74. The molecule has 0 amide bonds. The summed E-state index contributed by atoms with van der Waals surface area (Å²) in [5, 5.41) is 4.39. The summed E-state index contributed by atoms with van der Waals surface area (Å²) in [4.78, 5) is 18.6. The summed E-state index contributed by atoms with van der Waals surface area (Å²) < 4.78 is 0. The summed E-state index contributed by atoms with van der Waals surface area (Å²) in [5.41, 5.74) is 9.07. The van der Waals surface area contributed by atoms with E-state index in [4.69, 9.17) is 5.73 Å². The van der Waals surface area contributed by atoms with Crippen LogP contribution in [0.25, 0.3) is 10.9 Å². The Labute approximate surface area is 167 Å². The van der Waals surface area contributed by atoms with Gasteiger partial charge in [-0.3, -0.25) is 4.98 Å². The number of hydrogen-bond acceptors (Lipinski definition) is 7. The van der Waals surface area contributed by atoms with Gasteiger partial charge < -0.3 is 11.1 Å². The number of nitrogens with two attached hydrogens (primary N) is 1. The molecule has 2 aromatic carbocycles. The fourth-order valence-corrected chi connectivity index (χ4v) is 3.87. The molecule has 3 N–H and O–H groups in total. The van der Waals surface area contributed by atoms with Gasteiger partial charge >= 0.3 is 0 Å². The lowest BCUT2D eigenvalue weighted by atomic mass is 10.1. The molecule has 0 spiro atoms. The molecule has 28 heavy (non-hydrogen) atoms. The van der Waals surface area contributed by atoms with Gasteiger partial charge in [0.1, 0.15) is 5.82 Å². The van der Waals surface area contributed by atoms with E-state index in [1.54, 1.807) is 11.8 Å². The minimum Gasteiger partial charge on any atom is -0.368 e. The van der Waals surface area contributed by atoms with Crippen LogP contribution in [-0.4, -0.2) is 19.9 Å². The Kier molecular flexibility index (Phi) is 5.34. The molecule has 0 aliphatic heterocycles. The molecule has 4 rings (SSSR count). The van der Waals surface area contributed by atoms with Gasteiger partial charge in [0.25, 0.3) is 0 Å². The number of benzene rings is 2. The number of hydrogen-bond donors (Lipinski definition) is 2. The van der Waals surface area contributed by atoms with Gasteiger partial charge in [0.05, 0.1) is 11.3 Å². The molecule has 0 bridgehead atoms. The van der Waals surface area contributed by atoms with Gasteiger partial charge in [0.15, 0.2) is 0 Å². The van der Waals surface area contributed by atoms with Gasteiger partial charge in [-0.15, -0.1) is 11.8 Å². The van der Waals surface area contributed by atoms with E-state index in [-0.39, 0.29) is 5.95 Å². The molecule has 7 heteroatoms. The highest BCUT2D eigenvalue weighted by Gasteiger charge is 2.09. The highest BCUT2D eigenvalue weighted by Crippen LogP contribution is 2.29. The number of rotatable bonds is 6. The van der Waals surface area contributed by atoms with Gasteiger partial charge in [0.2, 0.25) is 11.9 Å². The van der Waals surface area contributed by atoms with Gasteiger partial charge in [-0.05, 0) is 30.2 Å². The topological polar surface area (TPSA) is 89.6 Å². The number of nitrogen functional groups attached to an aromatic ring is 1. The summed E-state index contributed by atoms with van der Waals surface area (Å²) >= 11 is 1.66. The van der Waals surface area contributed by atoms with Crippen molar-refractivity contribution in [3.63, 3.8) is 0 Å². The zero-order valence-corrected chi connectivity index (χ0v) is 16.3. The largest absolute Gasteiger partial charge is 0.368 e. The van der Waals surface area contributed by atoms with Crippen LogP contribution < -0.4 is 11.1 Å². The Hall–Kier alpha value is -3.19. The van der Waals surface area contributed by atoms with E-state index in [2.05, 4.69) is 44.3 Å². The Balaban J connectivity index is 1.55. The second-order valence-electron chi connectivity index (χ2n) is 6.18. The number of fused-ring (bicyclic) bond motifs is 1. The highest BCUT2D eigenvalue weighted by atomic mass is 32.2. The molecule has 0 radical (unpaired) electrons. The second-order valence-corrected chi connectivity index (χ2v) is 7.20. The number of thioether (sulfide) groups is 1. The smallest absolute Gasteiger partial charge is 0.232 e. The van der Waals surface area contributed by atoms with Crippen molar-refractivity contribution >= 4 is 40.2 Å². The van der Waals surface area contributed by atoms with Crippen LogP contribution in [0.3, 0.4) is 0 Å². The van der Waals surface area contributed by atoms with E-state index in [9.17, 15) is 0 Å². The molecular weight excluding hydrogens is 368 g/mol. The first-order valence-corrected chi connectivity index (χ1v) is 10.0. The maximum atomic E-state index is 5.92. The predicted octanol–water partition coefficient (Wildman–Crippen LogP) is 4.60. The number of aryl methyl sites for hydroxylation is 1. The molecule has 0 atom stereocenters. The number of para-hydroxylation sites is 2. The predicted molar refractivity (Wildman–Crippen MR) is 115 cm³/mol. The van der Waals surface area contributed by atoms with Crippen molar-refractivity contribution < 1.29 is 0 Å². The van der Waals surface area contributed by atoms with Crippen LogP contribution in [0.2, 0.25) is 0 Å². The maximum Gasteiger partial charge on any atom is 0.232 e. The van der Waals surface area contributed by atoms with Crippen LogP contribution in [-0.2, 0) is 12.2 Å². The fraction of sp³-hybridized carbons (Fsp3) is 0.143. The number of pyridine rings is 1. The van der Waals surface area contributed by atoms with Crippen LogP contribution in [0.5, 0.6) is 0 Å². The third-order valence-electron chi connectivity index (χ3n) is 4.31. The van der Waals surface area contributed by atoms with Crippen molar-refractivity contribution in [3.05, 3.63) is 72.2 Å². The Morgan fingerprint density at radius 1 is 0.964 bits per heavy atom. The van der Waals surface area contributed by atoms with E-state index < -0.39 is 0 Å². The molecule has 2 aromatic heterocycles. The van der Waals surface area contributed by atoms with Crippen molar-refractivity contribution in [2.24, 2.45) is 0 Å². The number of aromatic nitrogens is 4. The van der Waals surface area contributed by atoms with E-state index in [0.717, 1.165) is 27.9 Å². The first-order chi connectivity index (χ1) is 13.7. The van der Waals surface area contributed by atoms with Crippen LogP contribution in [0, 0.1) is 0 Å². The normalized spacial score (nSPS) is 10.9. The van der Waals surface area contributed by atoms with E-state index in [0.29, 0.717) is 17.5 Å². The number of nitrogens with one attached hydrogen (secondary N) is 1. The maximum absolute atomic E-state index is 5.92. The molecule has 0 unspecified atom stereocenters. The fourth-order valence-electron chi connectivity index (χ4n) is 2.97. The van der Waals surface area contributed by atoms with Crippen LogP contribution >= 0.6 is 11.8 Å². The van der Waals surface area contributed by atoms with Gasteiger partial charge in [-0.2, -0.15) is 15.0 Å². The van der Waals surface area contributed by atoms with Gasteiger partial charge in [-0.25, -0.2) is 0 Å². The van der Waals surface area contributed by atoms with Crippen molar-refractivity contribution in [2.45, 2.75) is 24.0 Å². The molecule has 2 heterocycles. The highest BCUT2D eigenvalue weighted by molar-refractivity contribution is 7.98. The third-order valence-corrected chi connectivity index (χ3v) is 5.38. The average Bonchev–Trinajstić information content (AvgIpc) is 2.72. The van der Waals surface area contributed by atoms with Crippen molar-refractivity contribution in [1.82, 2.24) is 19.9 Å². The number of anilines is 3. The average molecular weight is 389 g/mol. The van der Waals surface area contributed by atoms with E-state index >= 15 is 0 Å². The lowest BCUT2D eigenvalue weighted by Gasteiger charge is -2.11. The molecule has 4 aromatic rings. The zero-order valence-electron chi connectivity index (χ0n) is 15.5. The molecule has 0 aliphatic rings. The number of nitrogens with zero attached hydrogens (tertiary/aromatic N) is 4. The van der Waals surface area contributed by atoms with E-state index in [1.165, 1.54) is 5.56 Å². The minimum atomic E-state index is 0.210. The van der Waals surface area contributed by atoms with Gasteiger partial charge in [-0.1, -0.05) is 43.3 Å². The molecule has 0 saturated carbocycles. The quantitative estimate of drug-likeness (QED) is 0.467. The van der Waals surface area contributed by atoms with E-state index in [1.807, 2.05) is 48.7 Å². The summed E-state index contributed by atoms with van der Waals surface area (Å²) in [6, 6.07) is 18.2. The SMILES string of the molecule is CCc1ccccc1Nc1nc(N)nc(CSc2ccnc3ccccc23)n1. The molecule has 0 saturated heterocycles. The molecule has 0 aliphatic carbocycles. The van der Waals surface area contributed by atoms with Crippen LogP contribution in [0.1, 0.15) is 18.3 Å². The van der Waals surface area contributed by atoms with Crippen LogP contribution in [0.4, 0.5) is 17.6 Å². The summed E-state index contributed by atoms with van der Waals surface area (Å²) in [7, 11) is 0. The lowest BCUT2D eigenvalue weighted by Crippen LogP contribution is -2.07. The minimum absolute atomic E-state index is 0.210. The second kappa shape index (κ2) is 8.22. The molecule has 6 nitrogen and oxygen atoms in total. The van der Waals surface area contributed by atoms with Crippen molar-refractivity contribution in [1.29, 1.82) is 0 Å². The third kappa shape index (κ3) is 4.04. The van der Waals surface area contributed by atoms with Gasteiger partial charge in [0, 0.05) is 22.2 Å².